The van der Waals surface area contributed by atoms with E-state index < -0.39 is 34.1 Å². The summed E-state index contributed by atoms with van der Waals surface area (Å²) in [6.07, 6.45) is 2.23. The lowest BCUT2D eigenvalue weighted by Gasteiger charge is -2.29. The van der Waals surface area contributed by atoms with Crippen LogP contribution in [0.2, 0.25) is 0 Å². The normalized spacial score (nSPS) is 20.5. The van der Waals surface area contributed by atoms with Crippen LogP contribution in [0.25, 0.3) is 5.65 Å². The number of anilines is 2. The number of aromatic nitrogens is 4. The maximum atomic E-state index is 15.0. The van der Waals surface area contributed by atoms with Crippen molar-refractivity contribution in [3.63, 3.8) is 0 Å². The highest BCUT2D eigenvalue weighted by molar-refractivity contribution is 7.91. The summed E-state index contributed by atoms with van der Waals surface area (Å²) in [6.45, 7) is 2.72. The summed E-state index contributed by atoms with van der Waals surface area (Å²) < 4.78 is 71.1. The van der Waals surface area contributed by atoms with Crippen molar-refractivity contribution in [2.24, 2.45) is 0 Å². The molecule has 0 saturated carbocycles. The van der Waals surface area contributed by atoms with Gasteiger partial charge in [0.1, 0.15) is 35.2 Å². The van der Waals surface area contributed by atoms with Gasteiger partial charge >= 0.3 is 10.2 Å². The van der Waals surface area contributed by atoms with Crippen molar-refractivity contribution in [1.29, 1.82) is 0 Å². The fourth-order valence-electron chi connectivity index (χ4n) is 5.27. The number of fused-ring (bicyclic) bond motifs is 1. The first-order valence-corrected chi connectivity index (χ1v) is 15.1. The minimum Gasteiger partial charge on any atom is -0.488 e. The second kappa shape index (κ2) is 11.4. The van der Waals surface area contributed by atoms with E-state index in [-0.39, 0.29) is 30.6 Å². The van der Waals surface area contributed by atoms with Gasteiger partial charge < -0.3 is 14.4 Å². The van der Waals surface area contributed by atoms with Gasteiger partial charge in [0.25, 0.3) is 5.91 Å². The van der Waals surface area contributed by atoms with E-state index in [1.165, 1.54) is 35.8 Å². The first kappa shape index (κ1) is 28.7. The lowest BCUT2D eigenvalue weighted by Crippen LogP contribution is -2.42. The summed E-state index contributed by atoms with van der Waals surface area (Å²) in [5, 5.41) is 7.70. The summed E-state index contributed by atoms with van der Waals surface area (Å²) >= 11 is 0. The van der Waals surface area contributed by atoms with Gasteiger partial charge in [-0.3, -0.25) is 9.20 Å². The second-order valence-corrected chi connectivity index (χ2v) is 12.2. The number of amides is 1. The molecule has 2 fully saturated rings. The molecule has 1 amide bonds. The molecule has 0 radical (unpaired) electrons. The zero-order valence-electron chi connectivity index (χ0n) is 23.4. The number of alkyl halides is 1. The van der Waals surface area contributed by atoms with E-state index in [0.717, 1.165) is 4.31 Å². The molecule has 43 heavy (non-hydrogen) atoms. The van der Waals surface area contributed by atoms with Gasteiger partial charge in [0, 0.05) is 38.2 Å². The number of aryl methyl sites for hydroxylation is 1. The van der Waals surface area contributed by atoms with Crippen molar-refractivity contribution < 1.29 is 31.5 Å². The third kappa shape index (κ3) is 5.82. The predicted molar refractivity (Wildman–Crippen MR) is 153 cm³/mol. The van der Waals surface area contributed by atoms with Gasteiger partial charge in [-0.15, -0.1) is 5.10 Å². The lowest BCUT2D eigenvalue weighted by molar-refractivity contribution is 0.0975. The first-order chi connectivity index (χ1) is 20.6. The molecule has 3 aromatic heterocycles. The number of nitrogens with zero attached hydrogens (tertiary/aromatic N) is 6. The van der Waals surface area contributed by atoms with Crippen LogP contribution in [-0.2, 0) is 14.9 Å². The molecule has 6 rings (SSSR count). The van der Waals surface area contributed by atoms with Crippen LogP contribution in [0.5, 0.6) is 5.75 Å². The topological polar surface area (TPSA) is 131 Å². The smallest absolute Gasteiger partial charge is 0.327 e. The Bertz CT molecular complexity index is 1760. The summed E-state index contributed by atoms with van der Waals surface area (Å²) in [4.78, 5) is 19.2. The Hall–Kier alpha value is -4.37. The molecule has 15 heteroatoms. The second-order valence-electron chi connectivity index (χ2n) is 10.5. The fraction of sp³-hybridized carbons (Fsp3) is 0.357. The standard InChI is InChI=1S/C28H29F2N7O5S/c1-17-3-7-27(33-32-17)35(2)43(39,40)34-28(38)24-13-31-26-8-5-20(15-37(24)26)36-14-19(30)12-23(36)22-11-18(29)4-6-25(22)42-21-9-10-41-16-21/h3-8,11,13,15,19,21,23H,9-10,12,14,16H2,1-2H3,(H,34,38)/t19-,21+,23+/m0/s1. The molecule has 1 N–H and O–H groups in total. The molecule has 1 aromatic carbocycles. The molecule has 0 unspecified atom stereocenters. The van der Waals surface area contributed by atoms with Gasteiger partial charge in [0.05, 0.1) is 36.8 Å². The summed E-state index contributed by atoms with van der Waals surface area (Å²) in [5.41, 5.74) is 1.94. The van der Waals surface area contributed by atoms with Gasteiger partial charge in [-0.05, 0) is 49.4 Å². The van der Waals surface area contributed by atoms with Crippen molar-refractivity contribution in [2.75, 3.05) is 36.0 Å². The Morgan fingerprint density at radius 3 is 2.77 bits per heavy atom. The molecule has 12 nitrogen and oxygen atoms in total. The molecule has 2 aliphatic rings. The van der Waals surface area contributed by atoms with E-state index in [9.17, 15) is 22.0 Å². The van der Waals surface area contributed by atoms with E-state index in [2.05, 4.69) is 15.2 Å². The molecule has 0 aliphatic carbocycles. The van der Waals surface area contributed by atoms with Crippen molar-refractivity contribution in [2.45, 2.75) is 38.1 Å². The molecule has 2 aliphatic heterocycles. The number of benzene rings is 1. The van der Waals surface area contributed by atoms with E-state index in [4.69, 9.17) is 9.47 Å². The molecule has 226 valence electrons. The fourth-order valence-corrected chi connectivity index (χ4v) is 6.08. The van der Waals surface area contributed by atoms with Gasteiger partial charge in [-0.25, -0.2) is 22.8 Å². The predicted octanol–water partition coefficient (Wildman–Crippen LogP) is 3.14. The number of ether oxygens (including phenoxy) is 2. The molecular formula is C28H29F2N7O5S. The Morgan fingerprint density at radius 1 is 1.19 bits per heavy atom. The number of carbonyl (C=O) groups is 1. The Kier molecular flexibility index (Phi) is 7.60. The molecule has 0 spiro atoms. The zero-order chi connectivity index (χ0) is 30.3. The number of nitrogens with one attached hydrogen (secondary N) is 1. The summed E-state index contributed by atoms with van der Waals surface area (Å²) in [5.74, 6) is -0.928. The van der Waals surface area contributed by atoms with Crippen molar-refractivity contribution in [3.05, 3.63) is 77.6 Å². The highest BCUT2D eigenvalue weighted by Crippen LogP contribution is 2.42. The van der Waals surface area contributed by atoms with E-state index in [1.807, 2.05) is 4.72 Å². The molecule has 3 atom stereocenters. The number of halogens is 2. The van der Waals surface area contributed by atoms with E-state index in [1.54, 1.807) is 42.3 Å². The number of carbonyl (C=O) groups excluding carboxylic acids is 1. The Morgan fingerprint density at radius 2 is 2.02 bits per heavy atom. The molecule has 0 bridgehead atoms. The van der Waals surface area contributed by atoms with Gasteiger partial charge in [-0.2, -0.15) is 13.5 Å². The van der Waals surface area contributed by atoms with Crippen LogP contribution in [0.15, 0.2) is 54.9 Å². The number of rotatable bonds is 8. The number of hydrogen-bond donors (Lipinski definition) is 1. The summed E-state index contributed by atoms with van der Waals surface area (Å²) in [7, 11) is -3.10. The van der Waals surface area contributed by atoms with Crippen molar-refractivity contribution in [3.8, 4) is 5.75 Å². The zero-order valence-corrected chi connectivity index (χ0v) is 24.2. The number of hydrogen-bond acceptors (Lipinski definition) is 9. The monoisotopic (exact) mass is 613 g/mol. The maximum absolute atomic E-state index is 15.0. The SMILES string of the molecule is Cc1ccc(N(C)S(=O)(=O)NC(=O)c2cnc3ccc(N4C[C@@H](F)C[C@@H]4c4cc(F)ccc4O[C@@H]4CCOC4)cn23)nn1. The lowest BCUT2D eigenvalue weighted by atomic mass is 10.0. The van der Waals surface area contributed by atoms with Crippen molar-refractivity contribution in [1.82, 2.24) is 24.3 Å². The van der Waals surface area contributed by atoms with Crippen LogP contribution in [0.3, 0.4) is 0 Å². The van der Waals surface area contributed by atoms with Gasteiger partial charge in [0.15, 0.2) is 5.82 Å². The average molecular weight is 614 g/mol. The van der Waals surface area contributed by atoms with Crippen LogP contribution in [0.1, 0.15) is 40.6 Å². The van der Waals surface area contributed by atoms with Crippen LogP contribution >= 0.6 is 0 Å². The molecular weight excluding hydrogens is 584 g/mol. The highest BCUT2D eigenvalue weighted by Gasteiger charge is 2.36. The quantitative estimate of drug-likeness (QED) is 0.318. The van der Waals surface area contributed by atoms with Crippen LogP contribution in [-0.4, -0.2) is 73.0 Å². The molecule has 2 saturated heterocycles. The largest absolute Gasteiger partial charge is 0.488 e. The maximum Gasteiger partial charge on any atom is 0.327 e. The van der Waals surface area contributed by atoms with Crippen LogP contribution in [0.4, 0.5) is 20.3 Å². The van der Waals surface area contributed by atoms with Gasteiger partial charge in [-0.1, -0.05) is 0 Å². The summed E-state index contributed by atoms with van der Waals surface area (Å²) in [6, 6.07) is 10.1. The van der Waals surface area contributed by atoms with Crippen LogP contribution in [0, 0.1) is 12.7 Å². The Balaban J connectivity index is 1.29. The van der Waals surface area contributed by atoms with E-state index in [0.29, 0.717) is 48.0 Å². The highest BCUT2D eigenvalue weighted by atomic mass is 32.2. The molecule has 4 aromatic rings. The minimum absolute atomic E-state index is 0.0195. The van der Waals surface area contributed by atoms with E-state index >= 15 is 0 Å². The average Bonchev–Trinajstić information content (AvgIpc) is 3.73. The third-order valence-electron chi connectivity index (χ3n) is 7.51. The molecule has 5 heterocycles. The minimum atomic E-state index is -4.35. The third-order valence-corrected chi connectivity index (χ3v) is 8.86. The van der Waals surface area contributed by atoms with Gasteiger partial charge in [0.2, 0.25) is 0 Å². The van der Waals surface area contributed by atoms with Crippen molar-refractivity contribution >= 4 is 33.3 Å². The Labute approximate surface area is 246 Å². The number of imidazole rings is 1. The number of pyridine rings is 1. The first-order valence-electron chi connectivity index (χ1n) is 13.6. The van der Waals surface area contributed by atoms with Crippen LogP contribution < -0.4 is 18.7 Å².